The molecule has 1 amide bonds. The summed E-state index contributed by atoms with van der Waals surface area (Å²) in [4.78, 5) is 28.8. The second-order valence-electron chi connectivity index (χ2n) is 5.09. The van der Waals surface area contributed by atoms with Gasteiger partial charge >= 0.3 is 5.97 Å². The lowest BCUT2D eigenvalue weighted by Crippen LogP contribution is -2.14. The third-order valence-electron chi connectivity index (χ3n) is 3.70. The molecule has 6 heteroatoms. The molecule has 2 aromatic heterocycles. The van der Waals surface area contributed by atoms with Gasteiger partial charge in [0.15, 0.2) is 0 Å². The second kappa shape index (κ2) is 7.09. The largest absolute Gasteiger partial charge is 0.461 e. The Morgan fingerprint density at radius 1 is 1.30 bits per heavy atom. The van der Waals surface area contributed by atoms with E-state index < -0.39 is 5.97 Å². The minimum atomic E-state index is -0.407. The number of amides is 1. The first kappa shape index (κ1) is 16.7. The van der Waals surface area contributed by atoms with Crippen molar-refractivity contribution in [2.45, 2.75) is 34.2 Å². The summed E-state index contributed by atoms with van der Waals surface area (Å²) in [5.41, 5.74) is 2.92. The first-order valence-corrected chi connectivity index (χ1v) is 7.59. The number of aromatic nitrogens is 2. The quantitative estimate of drug-likeness (QED) is 0.861. The summed E-state index contributed by atoms with van der Waals surface area (Å²) in [6, 6.07) is 3.51. The molecule has 1 N–H and O–H groups in total. The molecule has 0 saturated carbocycles. The van der Waals surface area contributed by atoms with Crippen molar-refractivity contribution in [1.82, 2.24) is 9.55 Å². The third kappa shape index (κ3) is 3.26. The van der Waals surface area contributed by atoms with Crippen LogP contribution in [0, 0.1) is 13.8 Å². The molecule has 0 saturated heterocycles. The molecule has 2 aromatic rings. The highest BCUT2D eigenvalue weighted by Crippen LogP contribution is 2.24. The molecule has 0 bridgehead atoms. The van der Waals surface area contributed by atoms with Crippen molar-refractivity contribution in [2.75, 3.05) is 11.9 Å². The number of rotatable bonds is 5. The summed E-state index contributed by atoms with van der Waals surface area (Å²) >= 11 is 0. The topological polar surface area (TPSA) is 73.2 Å². The highest BCUT2D eigenvalue weighted by Gasteiger charge is 2.26. The number of anilines is 1. The molecule has 0 atom stereocenters. The maximum Gasteiger partial charge on any atom is 0.355 e. The summed E-state index contributed by atoms with van der Waals surface area (Å²) in [7, 11) is 0. The van der Waals surface area contributed by atoms with E-state index in [2.05, 4.69) is 10.3 Å². The molecular formula is C17H21N3O3. The third-order valence-corrected chi connectivity index (χ3v) is 3.70. The van der Waals surface area contributed by atoms with Crippen molar-refractivity contribution in [3.63, 3.8) is 0 Å². The summed E-state index contributed by atoms with van der Waals surface area (Å²) in [5, 5.41) is 2.81. The van der Waals surface area contributed by atoms with E-state index in [9.17, 15) is 9.59 Å². The lowest BCUT2D eigenvalue weighted by Gasteiger charge is -2.08. The van der Waals surface area contributed by atoms with Crippen molar-refractivity contribution in [3.8, 4) is 0 Å². The standard InChI is InChI=1S/C17H21N3O3/c1-5-20-12(4)14(11(3)15(20)17(22)23-6-2)16(21)19-13-8-7-9-18-10-13/h7-10H,5-6H2,1-4H3,(H,19,21). The van der Waals surface area contributed by atoms with Gasteiger partial charge in [0.25, 0.3) is 5.91 Å². The summed E-state index contributed by atoms with van der Waals surface area (Å²) in [5.74, 6) is -0.666. The van der Waals surface area contributed by atoms with Crippen molar-refractivity contribution in [3.05, 3.63) is 47.0 Å². The van der Waals surface area contributed by atoms with E-state index in [-0.39, 0.29) is 5.91 Å². The number of carbonyl (C=O) groups is 2. The average Bonchev–Trinajstić information content (AvgIpc) is 2.78. The molecule has 6 nitrogen and oxygen atoms in total. The molecule has 0 aliphatic rings. The fourth-order valence-corrected chi connectivity index (χ4v) is 2.72. The van der Waals surface area contributed by atoms with E-state index in [1.54, 1.807) is 38.4 Å². The molecule has 0 aliphatic carbocycles. The van der Waals surface area contributed by atoms with Crippen LogP contribution in [-0.4, -0.2) is 28.0 Å². The Labute approximate surface area is 135 Å². The van der Waals surface area contributed by atoms with Crippen LogP contribution in [0.2, 0.25) is 0 Å². The molecule has 2 heterocycles. The van der Waals surface area contributed by atoms with Crippen LogP contribution in [-0.2, 0) is 11.3 Å². The number of nitrogens with one attached hydrogen (secondary N) is 1. The smallest absolute Gasteiger partial charge is 0.355 e. The van der Waals surface area contributed by atoms with Crippen LogP contribution in [0.3, 0.4) is 0 Å². The van der Waals surface area contributed by atoms with E-state index in [4.69, 9.17) is 4.74 Å². The fraction of sp³-hybridized carbons (Fsp3) is 0.353. The van der Waals surface area contributed by atoms with Gasteiger partial charge in [0.05, 0.1) is 24.1 Å². The van der Waals surface area contributed by atoms with Crippen molar-refractivity contribution >= 4 is 17.6 Å². The predicted molar refractivity (Wildman–Crippen MR) is 87.7 cm³/mol. The molecule has 122 valence electrons. The average molecular weight is 315 g/mol. The number of hydrogen-bond donors (Lipinski definition) is 1. The van der Waals surface area contributed by atoms with Gasteiger partial charge in [-0.3, -0.25) is 9.78 Å². The van der Waals surface area contributed by atoms with E-state index in [1.807, 2.05) is 18.4 Å². The molecule has 0 fully saturated rings. The zero-order valence-corrected chi connectivity index (χ0v) is 13.8. The van der Waals surface area contributed by atoms with Crippen molar-refractivity contribution in [2.24, 2.45) is 0 Å². The Hall–Kier alpha value is -2.63. The maximum atomic E-state index is 12.6. The zero-order chi connectivity index (χ0) is 17.0. The van der Waals surface area contributed by atoms with Crippen LogP contribution in [0.5, 0.6) is 0 Å². The van der Waals surface area contributed by atoms with E-state index in [0.717, 1.165) is 5.69 Å². The number of carbonyl (C=O) groups excluding carboxylic acids is 2. The molecule has 0 spiro atoms. The Bertz CT molecular complexity index is 720. The van der Waals surface area contributed by atoms with Crippen molar-refractivity contribution < 1.29 is 14.3 Å². The van der Waals surface area contributed by atoms with Gasteiger partial charge in [0, 0.05) is 18.4 Å². The van der Waals surface area contributed by atoms with Gasteiger partial charge in [-0.05, 0) is 45.4 Å². The summed E-state index contributed by atoms with van der Waals surface area (Å²) < 4.78 is 6.93. The van der Waals surface area contributed by atoms with Gasteiger partial charge in [0.2, 0.25) is 0 Å². The highest BCUT2D eigenvalue weighted by molar-refractivity contribution is 6.08. The SMILES string of the molecule is CCOC(=O)c1c(C)c(C(=O)Nc2cccnc2)c(C)n1CC. The predicted octanol–water partition coefficient (Wildman–Crippen LogP) is 2.95. The first-order valence-electron chi connectivity index (χ1n) is 7.59. The minimum absolute atomic E-state index is 0.259. The van der Waals surface area contributed by atoms with Crippen LogP contribution >= 0.6 is 0 Å². The Kier molecular flexibility index (Phi) is 5.16. The van der Waals surface area contributed by atoms with Gasteiger partial charge in [-0.25, -0.2) is 4.79 Å². The number of nitrogens with zero attached hydrogens (tertiary/aromatic N) is 2. The molecule has 0 aromatic carbocycles. The molecule has 23 heavy (non-hydrogen) atoms. The monoisotopic (exact) mass is 315 g/mol. The van der Waals surface area contributed by atoms with E-state index in [0.29, 0.717) is 35.7 Å². The summed E-state index contributed by atoms with van der Waals surface area (Å²) in [6.45, 7) is 8.17. The molecular weight excluding hydrogens is 294 g/mol. The molecule has 0 unspecified atom stereocenters. The molecule has 0 aliphatic heterocycles. The second-order valence-corrected chi connectivity index (χ2v) is 5.09. The van der Waals surface area contributed by atoms with Gasteiger partial charge in [-0.15, -0.1) is 0 Å². The van der Waals surface area contributed by atoms with Crippen LogP contribution in [0.15, 0.2) is 24.5 Å². The first-order chi connectivity index (χ1) is 11.0. The number of pyridine rings is 1. The number of ether oxygens (including phenoxy) is 1. The zero-order valence-electron chi connectivity index (χ0n) is 13.8. The molecule has 0 radical (unpaired) electrons. The molecule has 2 rings (SSSR count). The fourth-order valence-electron chi connectivity index (χ4n) is 2.72. The normalized spacial score (nSPS) is 10.4. The van der Waals surface area contributed by atoms with Gasteiger partial charge in [-0.1, -0.05) is 0 Å². The van der Waals surface area contributed by atoms with Crippen LogP contribution in [0.4, 0.5) is 5.69 Å². The Balaban J connectivity index is 2.42. The Morgan fingerprint density at radius 2 is 2.04 bits per heavy atom. The van der Waals surface area contributed by atoms with Gasteiger partial charge < -0.3 is 14.6 Å². The van der Waals surface area contributed by atoms with E-state index >= 15 is 0 Å². The maximum absolute atomic E-state index is 12.6. The van der Waals surface area contributed by atoms with E-state index in [1.165, 1.54) is 0 Å². The van der Waals surface area contributed by atoms with Gasteiger partial charge in [0.1, 0.15) is 5.69 Å². The number of hydrogen-bond acceptors (Lipinski definition) is 4. The van der Waals surface area contributed by atoms with Crippen molar-refractivity contribution in [1.29, 1.82) is 0 Å². The minimum Gasteiger partial charge on any atom is -0.461 e. The number of esters is 1. The summed E-state index contributed by atoms with van der Waals surface area (Å²) in [6.07, 6.45) is 3.21. The van der Waals surface area contributed by atoms with Crippen LogP contribution in [0.25, 0.3) is 0 Å². The van der Waals surface area contributed by atoms with Crippen LogP contribution < -0.4 is 5.32 Å². The van der Waals surface area contributed by atoms with Crippen LogP contribution in [0.1, 0.15) is 46.0 Å². The lowest BCUT2D eigenvalue weighted by molar-refractivity contribution is 0.0512. The lowest BCUT2D eigenvalue weighted by atomic mass is 10.1. The highest BCUT2D eigenvalue weighted by atomic mass is 16.5. The Morgan fingerprint density at radius 3 is 2.61 bits per heavy atom. The van der Waals surface area contributed by atoms with Gasteiger partial charge in [-0.2, -0.15) is 0 Å².